The fourth-order valence-corrected chi connectivity index (χ4v) is 2.42. The van der Waals surface area contributed by atoms with Crippen molar-refractivity contribution in [2.75, 3.05) is 0 Å². The van der Waals surface area contributed by atoms with Gasteiger partial charge < -0.3 is 0 Å². The van der Waals surface area contributed by atoms with Gasteiger partial charge in [-0.15, -0.1) is 0 Å². The second-order valence-electron chi connectivity index (χ2n) is 2.84. The molecule has 0 spiro atoms. The smallest absolute Gasteiger partial charge is 0.296 e. The molecule has 0 aliphatic carbocycles. The molecule has 0 saturated carbocycles. The van der Waals surface area contributed by atoms with Crippen molar-refractivity contribution in [3.8, 4) is 0 Å². The van der Waals surface area contributed by atoms with Crippen molar-refractivity contribution in [3.05, 3.63) is 30.2 Å². The summed E-state index contributed by atoms with van der Waals surface area (Å²) in [6, 6.07) is 2.75. The quantitative estimate of drug-likeness (QED) is 0.808. The molecule has 0 unspecified atom stereocenters. The maximum Gasteiger partial charge on any atom is 0.296 e. The zero-order valence-corrected chi connectivity index (χ0v) is 9.55. The van der Waals surface area contributed by atoms with Crippen LogP contribution in [0.2, 0.25) is 0 Å². The summed E-state index contributed by atoms with van der Waals surface area (Å²) < 4.78 is 53.1. The predicted molar refractivity (Wildman–Crippen MR) is 56.4 cm³/mol. The van der Waals surface area contributed by atoms with Crippen LogP contribution in [0, 0.1) is 0 Å². The zero-order valence-electron chi connectivity index (χ0n) is 7.91. The van der Waals surface area contributed by atoms with E-state index in [1.54, 1.807) is 0 Å². The molecule has 0 aromatic heterocycles. The molecule has 0 aliphatic heterocycles. The molecule has 1 rings (SSSR count). The van der Waals surface area contributed by atoms with Gasteiger partial charge in [-0.3, -0.25) is 10.3 Å². The molecule has 0 aliphatic rings. The third-order valence-electron chi connectivity index (χ3n) is 1.78. The van der Waals surface area contributed by atoms with Crippen LogP contribution < -0.4 is 5.73 Å². The van der Waals surface area contributed by atoms with Gasteiger partial charge in [0.2, 0.25) is 0 Å². The zero-order chi connectivity index (χ0) is 12.6. The minimum Gasteiger partial charge on any atom is -0.299 e. The molecule has 16 heavy (non-hydrogen) atoms. The number of sulfone groups is 1. The summed E-state index contributed by atoms with van der Waals surface area (Å²) >= 11 is 0. The largest absolute Gasteiger partial charge is 0.299 e. The van der Waals surface area contributed by atoms with Crippen LogP contribution in [-0.2, 0) is 20.0 Å². The molecule has 0 fully saturated rings. The van der Waals surface area contributed by atoms with Crippen LogP contribution >= 0.6 is 0 Å². The van der Waals surface area contributed by atoms with Crippen molar-refractivity contribution < 1.29 is 21.4 Å². The highest BCUT2D eigenvalue weighted by molar-refractivity contribution is 7.94. The van der Waals surface area contributed by atoms with Crippen molar-refractivity contribution in [2.24, 2.45) is 0 Å². The number of nitrogens with one attached hydrogen (secondary N) is 1. The number of benzene rings is 1. The third-order valence-corrected chi connectivity index (χ3v) is 4.02. The Morgan fingerprint density at radius 2 is 1.81 bits per heavy atom. The Morgan fingerprint density at radius 3 is 2.25 bits per heavy atom. The summed E-state index contributed by atoms with van der Waals surface area (Å²) in [6.45, 7) is 3.08. The molecular formula is C8H8NO5S2. The Labute approximate surface area is 93.1 Å². The minimum atomic E-state index is -4.61. The molecule has 6 nitrogen and oxygen atoms in total. The lowest BCUT2D eigenvalue weighted by Crippen LogP contribution is -2.03. The average Bonchev–Trinajstić information content (AvgIpc) is 2.16. The SMILES string of the molecule is C=CS(=O)(=O)c1ccc([NH])c(S(=O)(=O)O)c1. The van der Waals surface area contributed by atoms with Gasteiger partial charge in [0.15, 0.2) is 9.84 Å². The molecule has 1 aromatic rings. The fraction of sp³-hybridized carbons (Fsp3) is 0. The summed E-state index contributed by atoms with van der Waals surface area (Å²) in [5.74, 6) is 0. The number of rotatable bonds is 3. The van der Waals surface area contributed by atoms with Crippen molar-refractivity contribution in [3.63, 3.8) is 0 Å². The lowest BCUT2D eigenvalue weighted by molar-refractivity contribution is 0.483. The van der Waals surface area contributed by atoms with Gasteiger partial charge in [0.1, 0.15) is 4.90 Å². The second-order valence-corrected chi connectivity index (χ2v) is 6.13. The Hall–Kier alpha value is -1.38. The Kier molecular flexibility index (Phi) is 3.08. The van der Waals surface area contributed by atoms with Crippen LogP contribution in [0.5, 0.6) is 0 Å². The van der Waals surface area contributed by atoms with Crippen LogP contribution in [0.25, 0.3) is 0 Å². The Bertz CT molecular complexity index is 630. The van der Waals surface area contributed by atoms with Crippen LogP contribution in [0.4, 0.5) is 5.69 Å². The van der Waals surface area contributed by atoms with E-state index >= 15 is 0 Å². The highest BCUT2D eigenvalue weighted by atomic mass is 32.2. The molecule has 87 valence electrons. The van der Waals surface area contributed by atoms with E-state index in [4.69, 9.17) is 10.3 Å². The van der Waals surface area contributed by atoms with Crippen molar-refractivity contribution in [1.29, 1.82) is 0 Å². The summed E-state index contributed by atoms with van der Waals surface area (Å²) in [7, 11) is -8.40. The highest BCUT2D eigenvalue weighted by Gasteiger charge is 2.18. The molecule has 1 aromatic carbocycles. The summed E-state index contributed by atoms with van der Waals surface area (Å²) in [4.78, 5) is -1.10. The first-order valence-corrected chi connectivity index (χ1v) is 6.88. The average molecular weight is 262 g/mol. The monoisotopic (exact) mass is 262 g/mol. The van der Waals surface area contributed by atoms with Gasteiger partial charge in [-0.1, -0.05) is 6.58 Å². The van der Waals surface area contributed by atoms with Gasteiger partial charge >= 0.3 is 0 Å². The molecule has 1 radical (unpaired) electrons. The van der Waals surface area contributed by atoms with Crippen LogP contribution in [0.1, 0.15) is 0 Å². The van der Waals surface area contributed by atoms with Gasteiger partial charge in [-0.2, -0.15) is 8.42 Å². The van der Waals surface area contributed by atoms with E-state index in [0.29, 0.717) is 11.5 Å². The molecular weight excluding hydrogens is 254 g/mol. The summed E-state index contributed by atoms with van der Waals surface area (Å²) in [5.41, 5.74) is 6.74. The highest BCUT2D eigenvalue weighted by Crippen LogP contribution is 2.24. The lowest BCUT2D eigenvalue weighted by Gasteiger charge is -2.04. The minimum absolute atomic E-state index is 0.342. The lowest BCUT2D eigenvalue weighted by atomic mass is 10.3. The Balaban J connectivity index is 3.59. The second kappa shape index (κ2) is 3.89. The first kappa shape index (κ1) is 12.7. The molecule has 0 amide bonds. The normalized spacial score (nSPS) is 12.3. The Morgan fingerprint density at radius 1 is 1.25 bits per heavy atom. The summed E-state index contributed by atoms with van der Waals surface area (Å²) in [6.07, 6.45) is 0. The molecule has 8 heteroatoms. The standard InChI is InChI=1S/C8H8NO5S2/c1-2-15(10,11)6-3-4-7(9)8(5-6)16(12,13)14/h2-5,9H,1H2,(H,12,13,14). The van der Waals surface area contributed by atoms with Crippen LogP contribution in [0.15, 0.2) is 40.0 Å². The van der Waals surface area contributed by atoms with Gasteiger partial charge in [-0.25, -0.2) is 8.42 Å². The fourth-order valence-electron chi connectivity index (χ4n) is 0.989. The van der Waals surface area contributed by atoms with E-state index in [-0.39, 0.29) is 4.90 Å². The third kappa shape index (κ3) is 2.40. The molecule has 0 saturated heterocycles. The van der Waals surface area contributed by atoms with Gasteiger partial charge in [0, 0.05) is 5.41 Å². The van der Waals surface area contributed by atoms with E-state index in [2.05, 4.69) is 6.58 Å². The predicted octanol–water partition coefficient (Wildman–Crippen LogP) is 0.765. The van der Waals surface area contributed by atoms with E-state index < -0.39 is 30.5 Å². The molecule has 0 bridgehead atoms. The number of hydrogen-bond acceptors (Lipinski definition) is 4. The van der Waals surface area contributed by atoms with E-state index in [0.717, 1.165) is 12.1 Å². The van der Waals surface area contributed by atoms with E-state index in [9.17, 15) is 16.8 Å². The van der Waals surface area contributed by atoms with Crippen molar-refractivity contribution in [1.82, 2.24) is 5.73 Å². The maximum atomic E-state index is 11.3. The van der Waals surface area contributed by atoms with Gasteiger partial charge in [0.05, 0.1) is 10.6 Å². The van der Waals surface area contributed by atoms with Gasteiger partial charge in [-0.05, 0) is 18.2 Å². The van der Waals surface area contributed by atoms with Crippen LogP contribution in [-0.4, -0.2) is 21.4 Å². The van der Waals surface area contributed by atoms with Crippen molar-refractivity contribution in [2.45, 2.75) is 9.79 Å². The molecule has 0 atom stereocenters. The van der Waals surface area contributed by atoms with Crippen LogP contribution in [0.3, 0.4) is 0 Å². The van der Waals surface area contributed by atoms with E-state index in [1.165, 1.54) is 0 Å². The molecule has 2 N–H and O–H groups in total. The first-order valence-electron chi connectivity index (χ1n) is 3.89. The van der Waals surface area contributed by atoms with Gasteiger partial charge in [0.25, 0.3) is 10.1 Å². The molecule has 0 heterocycles. The first-order chi connectivity index (χ1) is 7.18. The van der Waals surface area contributed by atoms with E-state index in [1.807, 2.05) is 0 Å². The summed E-state index contributed by atoms with van der Waals surface area (Å²) in [5, 5.41) is 0.653. The maximum absolute atomic E-state index is 11.3. The topological polar surface area (TPSA) is 112 Å². The van der Waals surface area contributed by atoms with Crippen molar-refractivity contribution >= 4 is 25.6 Å². The number of hydrogen-bond donors (Lipinski definition) is 1.